The van der Waals surface area contributed by atoms with Crippen molar-refractivity contribution in [3.05, 3.63) is 29.3 Å². The van der Waals surface area contributed by atoms with Gasteiger partial charge in [-0.25, -0.2) is 0 Å². The first-order chi connectivity index (χ1) is 9.90. The fourth-order valence-corrected chi connectivity index (χ4v) is 2.59. The van der Waals surface area contributed by atoms with Gasteiger partial charge in [0.05, 0.1) is 6.61 Å². The topological polar surface area (TPSA) is 24.5 Å². The number of ether oxygens (including phenoxy) is 1. The Hall–Kier alpha value is -1.06. The average molecular weight is 290 g/mol. The van der Waals surface area contributed by atoms with Gasteiger partial charge in [-0.05, 0) is 57.7 Å². The molecule has 0 aliphatic heterocycles. The molecule has 0 heterocycles. The summed E-state index contributed by atoms with van der Waals surface area (Å²) in [6.45, 7) is 11.5. The SMILES string of the molecule is COCCN(c1ccc(CNC(C)(C)C)cc1C)C1CC1. The van der Waals surface area contributed by atoms with Crippen LogP contribution in [0.4, 0.5) is 5.69 Å². The first kappa shape index (κ1) is 16.3. The normalized spacial score (nSPS) is 15.3. The maximum absolute atomic E-state index is 5.26. The lowest BCUT2D eigenvalue weighted by atomic mass is 10.1. The summed E-state index contributed by atoms with van der Waals surface area (Å²) in [6.07, 6.45) is 2.63. The minimum atomic E-state index is 0.158. The lowest BCUT2D eigenvalue weighted by molar-refractivity contribution is 0.205. The molecule has 1 N–H and O–H groups in total. The van der Waals surface area contributed by atoms with Crippen LogP contribution in [-0.2, 0) is 11.3 Å². The minimum absolute atomic E-state index is 0.158. The predicted molar refractivity (Wildman–Crippen MR) is 90.0 cm³/mol. The lowest BCUT2D eigenvalue weighted by Crippen LogP contribution is -2.35. The number of rotatable bonds is 7. The van der Waals surface area contributed by atoms with Crippen LogP contribution in [0.3, 0.4) is 0 Å². The van der Waals surface area contributed by atoms with E-state index in [9.17, 15) is 0 Å². The molecule has 0 radical (unpaired) electrons. The Bertz CT molecular complexity index is 461. The van der Waals surface area contributed by atoms with Crippen molar-refractivity contribution in [2.24, 2.45) is 0 Å². The lowest BCUT2D eigenvalue weighted by Gasteiger charge is -2.27. The minimum Gasteiger partial charge on any atom is -0.383 e. The van der Waals surface area contributed by atoms with Gasteiger partial charge in [0.25, 0.3) is 0 Å². The number of aryl methyl sites for hydroxylation is 1. The summed E-state index contributed by atoms with van der Waals surface area (Å²) in [6, 6.07) is 7.57. The van der Waals surface area contributed by atoms with Crippen LogP contribution in [0.15, 0.2) is 18.2 Å². The molecule has 0 saturated heterocycles. The zero-order valence-corrected chi connectivity index (χ0v) is 14.2. The second kappa shape index (κ2) is 6.80. The van der Waals surface area contributed by atoms with E-state index in [2.05, 4.69) is 56.1 Å². The molecule has 2 rings (SSSR count). The second-order valence-corrected chi connectivity index (χ2v) is 7.14. The van der Waals surface area contributed by atoms with E-state index in [-0.39, 0.29) is 5.54 Å². The molecule has 0 spiro atoms. The van der Waals surface area contributed by atoms with Crippen LogP contribution in [0.5, 0.6) is 0 Å². The standard InChI is InChI=1S/C18H30N2O/c1-14-12-15(13-19-18(2,3)4)6-9-17(14)20(10-11-21-5)16-7-8-16/h6,9,12,16,19H,7-8,10-11,13H2,1-5H3. The summed E-state index contributed by atoms with van der Waals surface area (Å²) >= 11 is 0. The van der Waals surface area contributed by atoms with Gasteiger partial charge in [-0.15, -0.1) is 0 Å². The summed E-state index contributed by atoms with van der Waals surface area (Å²) in [7, 11) is 1.78. The van der Waals surface area contributed by atoms with Crippen LogP contribution in [0.25, 0.3) is 0 Å². The zero-order chi connectivity index (χ0) is 15.5. The first-order valence-electron chi connectivity index (χ1n) is 8.01. The van der Waals surface area contributed by atoms with E-state index >= 15 is 0 Å². The van der Waals surface area contributed by atoms with Crippen molar-refractivity contribution in [3.63, 3.8) is 0 Å². The monoisotopic (exact) mass is 290 g/mol. The molecular formula is C18H30N2O. The van der Waals surface area contributed by atoms with Crippen molar-refractivity contribution in [1.82, 2.24) is 5.32 Å². The Labute approximate surface area is 129 Å². The van der Waals surface area contributed by atoms with Gasteiger partial charge in [0.15, 0.2) is 0 Å². The van der Waals surface area contributed by atoms with Gasteiger partial charge in [0.2, 0.25) is 0 Å². The molecule has 0 amide bonds. The highest BCUT2D eigenvalue weighted by molar-refractivity contribution is 5.56. The third kappa shape index (κ3) is 5.01. The Morgan fingerprint density at radius 1 is 1.29 bits per heavy atom. The van der Waals surface area contributed by atoms with E-state index < -0.39 is 0 Å². The summed E-state index contributed by atoms with van der Waals surface area (Å²) in [5.41, 5.74) is 4.25. The first-order valence-corrected chi connectivity index (χ1v) is 8.01. The predicted octanol–water partition coefficient (Wildman–Crippen LogP) is 3.50. The Morgan fingerprint density at radius 3 is 2.52 bits per heavy atom. The van der Waals surface area contributed by atoms with Crippen LogP contribution < -0.4 is 10.2 Å². The summed E-state index contributed by atoms with van der Waals surface area (Å²) in [4.78, 5) is 2.51. The maximum Gasteiger partial charge on any atom is 0.0637 e. The number of anilines is 1. The summed E-state index contributed by atoms with van der Waals surface area (Å²) < 4.78 is 5.26. The van der Waals surface area contributed by atoms with Crippen LogP contribution in [0.2, 0.25) is 0 Å². The van der Waals surface area contributed by atoms with Crippen molar-refractivity contribution in [3.8, 4) is 0 Å². The highest BCUT2D eigenvalue weighted by Gasteiger charge is 2.29. The Balaban J connectivity index is 2.06. The number of nitrogens with one attached hydrogen (secondary N) is 1. The quantitative estimate of drug-likeness (QED) is 0.832. The van der Waals surface area contributed by atoms with Gasteiger partial charge in [-0.3, -0.25) is 0 Å². The van der Waals surface area contributed by atoms with E-state index in [4.69, 9.17) is 4.74 Å². The molecule has 0 atom stereocenters. The smallest absolute Gasteiger partial charge is 0.0637 e. The van der Waals surface area contributed by atoms with Crippen LogP contribution in [-0.4, -0.2) is 31.8 Å². The molecule has 1 saturated carbocycles. The highest BCUT2D eigenvalue weighted by Crippen LogP contribution is 2.33. The largest absolute Gasteiger partial charge is 0.383 e. The fraction of sp³-hybridized carbons (Fsp3) is 0.667. The van der Waals surface area contributed by atoms with Gasteiger partial charge in [-0.1, -0.05) is 12.1 Å². The number of benzene rings is 1. The van der Waals surface area contributed by atoms with Crippen LogP contribution >= 0.6 is 0 Å². The van der Waals surface area contributed by atoms with Gasteiger partial charge in [-0.2, -0.15) is 0 Å². The number of nitrogens with zero attached hydrogens (tertiary/aromatic N) is 1. The molecule has 3 nitrogen and oxygen atoms in total. The second-order valence-electron chi connectivity index (χ2n) is 7.14. The van der Waals surface area contributed by atoms with Crippen molar-refractivity contribution in [1.29, 1.82) is 0 Å². The van der Waals surface area contributed by atoms with E-state index in [0.717, 1.165) is 25.7 Å². The molecule has 21 heavy (non-hydrogen) atoms. The average Bonchev–Trinajstić information content (AvgIpc) is 3.22. The molecule has 3 heteroatoms. The van der Waals surface area contributed by atoms with Crippen LogP contribution in [0.1, 0.15) is 44.7 Å². The fourth-order valence-electron chi connectivity index (χ4n) is 2.59. The molecule has 0 unspecified atom stereocenters. The molecule has 1 aliphatic carbocycles. The maximum atomic E-state index is 5.26. The molecule has 0 aromatic heterocycles. The molecule has 1 aliphatic rings. The van der Waals surface area contributed by atoms with E-state index in [1.165, 1.54) is 29.7 Å². The van der Waals surface area contributed by atoms with E-state index in [1.807, 2.05) is 0 Å². The summed E-state index contributed by atoms with van der Waals surface area (Å²) in [5, 5.41) is 3.55. The number of hydrogen-bond acceptors (Lipinski definition) is 3. The molecule has 118 valence electrons. The molecule has 0 bridgehead atoms. The van der Waals surface area contributed by atoms with Gasteiger partial charge >= 0.3 is 0 Å². The third-order valence-electron chi connectivity index (χ3n) is 3.92. The van der Waals surface area contributed by atoms with Crippen molar-refractivity contribution >= 4 is 5.69 Å². The van der Waals surface area contributed by atoms with Crippen molar-refractivity contribution < 1.29 is 4.74 Å². The third-order valence-corrected chi connectivity index (χ3v) is 3.92. The van der Waals surface area contributed by atoms with Crippen LogP contribution in [0, 0.1) is 6.92 Å². The van der Waals surface area contributed by atoms with Crippen molar-refractivity contribution in [2.75, 3.05) is 25.2 Å². The van der Waals surface area contributed by atoms with E-state index in [1.54, 1.807) is 7.11 Å². The van der Waals surface area contributed by atoms with Gasteiger partial charge in [0.1, 0.15) is 0 Å². The van der Waals surface area contributed by atoms with Gasteiger partial charge in [0, 0.05) is 37.5 Å². The molecule has 1 fully saturated rings. The molecule has 1 aromatic rings. The number of hydrogen-bond donors (Lipinski definition) is 1. The van der Waals surface area contributed by atoms with Gasteiger partial charge < -0.3 is 15.0 Å². The van der Waals surface area contributed by atoms with Crippen molar-refractivity contribution in [2.45, 2.75) is 58.7 Å². The highest BCUT2D eigenvalue weighted by atomic mass is 16.5. The Kier molecular flexibility index (Phi) is 5.28. The Morgan fingerprint density at radius 2 is 2.00 bits per heavy atom. The zero-order valence-electron chi connectivity index (χ0n) is 14.2. The molecule has 1 aromatic carbocycles. The molecular weight excluding hydrogens is 260 g/mol. The number of methoxy groups -OCH3 is 1. The van der Waals surface area contributed by atoms with E-state index in [0.29, 0.717) is 0 Å². The summed E-state index contributed by atoms with van der Waals surface area (Å²) in [5.74, 6) is 0.